The van der Waals surface area contributed by atoms with Crippen LogP contribution in [0.2, 0.25) is 0 Å². The van der Waals surface area contributed by atoms with Crippen molar-refractivity contribution in [2.45, 2.75) is 32.4 Å². The molecule has 0 amide bonds. The second-order valence-corrected chi connectivity index (χ2v) is 7.03. The summed E-state index contributed by atoms with van der Waals surface area (Å²) < 4.78 is 17.3. The smallest absolute Gasteiger partial charge is 0.123 e. The molecule has 3 rings (SSSR count). The fourth-order valence-corrected chi connectivity index (χ4v) is 3.54. The third-order valence-electron chi connectivity index (χ3n) is 4.88. The zero-order valence-electron chi connectivity index (χ0n) is 15.5. The number of rotatable bonds is 7. The standard InChI is InChI=1S/C20H32N2O3/c1-18-16-22(9-5-12-24-18)17-19-6-2-3-7-20(19)25-13-4-8-21-10-14-23-15-11-21/h2-3,6-7,18H,4-5,8-17H2,1H3. The first-order chi connectivity index (χ1) is 12.3. The molecule has 2 saturated heterocycles. The van der Waals surface area contributed by atoms with Gasteiger partial charge in [-0.25, -0.2) is 0 Å². The monoisotopic (exact) mass is 348 g/mol. The number of para-hydroxylation sites is 1. The Morgan fingerprint density at radius 3 is 2.80 bits per heavy atom. The van der Waals surface area contributed by atoms with Crippen molar-refractivity contribution in [3.05, 3.63) is 29.8 Å². The van der Waals surface area contributed by atoms with Crippen LogP contribution >= 0.6 is 0 Å². The van der Waals surface area contributed by atoms with E-state index in [4.69, 9.17) is 14.2 Å². The number of morpholine rings is 1. The summed E-state index contributed by atoms with van der Waals surface area (Å²) in [7, 11) is 0. The van der Waals surface area contributed by atoms with Gasteiger partial charge in [0.2, 0.25) is 0 Å². The molecule has 5 nitrogen and oxygen atoms in total. The van der Waals surface area contributed by atoms with E-state index in [-0.39, 0.29) is 0 Å². The van der Waals surface area contributed by atoms with Crippen LogP contribution in [0, 0.1) is 0 Å². The van der Waals surface area contributed by atoms with Gasteiger partial charge in [0, 0.05) is 51.4 Å². The highest BCUT2D eigenvalue weighted by Gasteiger charge is 2.16. The molecular weight excluding hydrogens is 316 g/mol. The number of benzene rings is 1. The normalized spacial score (nSPS) is 23.3. The van der Waals surface area contributed by atoms with E-state index >= 15 is 0 Å². The summed E-state index contributed by atoms with van der Waals surface area (Å²) in [5.74, 6) is 1.03. The van der Waals surface area contributed by atoms with Crippen LogP contribution in [0.5, 0.6) is 5.75 Å². The maximum absolute atomic E-state index is 6.11. The van der Waals surface area contributed by atoms with Crippen molar-refractivity contribution in [1.82, 2.24) is 9.80 Å². The Labute approximate surface area is 151 Å². The Morgan fingerprint density at radius 1 is 1.08 bits per heavy atom. The molecule has 0 spiro atoms. The lowest BCUT2D eigenvalue weighted by molar-refractivity contribution is 0.0357. The van der Waals surface area contributed by atoms with Crippen LogP contribution in [-0.4, -0.2) is 75.1 Å². The molecule has 1 aromatic rings. The molecule has 5 heteroatoms. The van der Waals surface area contributed by atoms with Crippen molar-refractivity contribution >= 4 is 0 Å². The molecule has 140 valence electrons. The average Bonchev–Trinajstić information content (AvgIpc) is 2.85. The minimum Gasteiger partial charge on any atom is -0.493 e. The van der Waals surface area contributed by atoms with Gasteiger partial charge < -0.3 is 14.2 Å². The summed E-state index contributed by atoms with van der Waals surface area (Å²) >= 11 is 0. The summed E-state index contributed by atoms with van der Waals surface area (Å²) in [5.41, 5.74) is 1.28. The molecule has 0 N–H and O–H groups in total. The second kappa shape index (κ2) is 10.1. The molecule has 0 aromatic heterocycles. The number of nitrogens with zero attached hydrogens (tertiary/aromatic N) is 2. The summed E-state index contributed by atoms with van der Waals surface area (Å²) in [6, 6.07) is 8.46. The van der Waals surface area contributed by atoms with Gasteiger partial charge in [0.1, 0.15) is 5.75 Å². The highest BCUT2D eigenvalue weighted by Crippen LogP contribution is 2.21. The minimum atomic E-state index is 0.309. The quantitative estimate of drug-likeness (QED) is 0.707. The largest absolute Gasteiger partial charge is 0.493 e. The van der Waals surface area contributed by atoms with Crippen molar-refractivity contribution < 1.29 is 14.2 Å². The highest BCUT2D eigenvalue weighted by atomic mass is 16.5. The van der Waals surface area contributed by atoms with Crippen molar-refractivity contribution in [2.75, 3.05) is 59.2 Å². The first-order valence-electron chi connectivity index (χ1n) is 9.66. The molecule has 0 aliphatic carbocycles. The maximum atomic E-state index is 6.11. The molecule has 1 aromatic carbocycles. The van der Waals surface area contributed by atoms with Gasteiger partial charge in [-0.1, -0.05) is 18.2 Å². The lowest BCUT2D eigenvalue weighted by Crippen LogP contribution is -2.37. The summed E-state index contributed by atoms with van der Waals surface area (Å²) in [4.78, 5) is 4.94. The molecule has 2 aliphatic rings. The molecule has 25 heavy (non-hydrogen) atoms. The van der Waals surface area contributed by atoms with Crippen LogP contribution < -0.4 is 4.74 Å². The number of hydrogen-bond donors (Lipinski definition) is 0. The Kier molecular flexibility index (Phi) is 7.55. The van der Waals surface area contributed by atoms with E-state index in [0.717, 1.165) is 84.3 Å². The third kappa shape index (κ3) is 6.26. The highest BCUT2D eigenvalue weighted by molar-refractivity contribution is 5.33. The van der Waals surface area contributed by atoms with Gasteiger partial charge in [-0.3, -0.25) is 9.80 Å². The van der Waals surface area contributed by atoms with E-state index in [0.29, 0.717) is 6.10 Å². The fraction of sp³-hybridized carbons (Fsp3) is 0.700. The van der Waals surface area contributed by atoms with Gasteiger partial charge in [-0.05, 0) is 25.8 Å². The van der Waals surface area contributed by atoms with E-state index in [2.05, 4.69) is 41.0 Å². The van der Waals surface area contributed by atoms with E-state index in [1.807, 2.05) is 0 Å². The van der Waals surface area contributed by atoms with E-state index < -0.39 is 0 Å². The summed E-state index contributed by atoms with van der Waals surface area (Å²) in [6.07, 6.45) is 2.47. The van der Waals surface area contributed by atoms with Crippen LogP contribution in [0.15, 0.2) is 24.3 Å². The van der Waals surface area contributed by atoms with Crippen molar-refractivity contribution in [1.29, 1.82) is 0 Å². The van der Waals surface area contributed by atoms with Crippen LogP contribution in [0.1, 0.15) is 25.3 Å². The van der Waals surface area contributed by atoms with Crippen LogP contribution in [-0.2, 0) is 16.0 Å². The Bertz CT molecular complexity index is 505. The van der Waals surface area contributed by atoms with Gasteiger partial charge in [0.15, 0.2) is 0 Å². The third-order valence-corrected chi connectivity index (χ3v) is 4.88. The van der Waals surface area contributed by atoms with Crippen molar-refractivity contribution in [3.63, 3.8) is 0 Å². The van der Waals surface area contributed by atoms with Gasteiger partial charge in [-0.2, -0.15) is 0 Å². The number of ether oxygens (including phenoxy) is 3. The van der Waals surface area contributed by atoms with Gasteiger partial charge >= 0.3 is 0 Å². The first kappa shape index (κ1) is 18.6. The summed E-state index contributed by atoms with van der Waals surface area (Å²) in [6.45, 7) is 11.7. The van der Waals surface area contributed by atoms with Crippen molar-refractivity contribution in [2.24, 2.45) is 0 Å². The molecule has 2 aliphatic heterocycles. The molecule has 0 saturated carbocycles. The van der Waals surface area contributed by atoms with Gasteiger partial charge in [0.05, 0.1) is 25.9 Å². The topological polar surface area (TPSA) is 34.2 Å². The SMILES string of the molecule is CC1CN(Cc2ccccc2OCCCN2CCOCC2)CCCO1. The molecular formula is C20H32N2O3. The molecule has 0 bridgehead atoms. The van der Waals surface area contributed by atoms with E-state index in [9.17, 15) is 0 Å². The fourth-order valence-electron chi connectivity index (χ4n) is 3.54. The predicted octanol–water partition coefficient (Wildman–Crippen LogP) is 2.40. The zero-order chi connectivity index (χ0) is 17.3. The van der Waals surface area contributed by atoms with Crippen LogP contribution in [0.25, 0.3) is 0 Å². The Balaban J connectivity index is 1.46. The molecule has 1 unspecified atom stereocenters. The van der Waals surface area contributed by atoms with Crippen LogP contribution in [0.4, 0.5) is 0 Å². The van der Waals surface area contributed by atoms with Crippen LogP contribution in [0.3, 0.4) is 0 Å². The summed E-state index contributed by atoms with van der Waals surface area (Å²) in [5, 5.41) is 0. The molecule has 0 radical (unpaired) electrons. The van der Waals surface area contributed by atoms with E-state index in [1.165, 1.54) is 5.56 Å². The molecule has 2 heterocycles. The minimum absolute atomic E-state index is 0.309. The average molecular weight is 348 g/mol. The van der Waals surface area contributed by atoms with Gasteiger partial charge in [0.25, 0.3) is 0 Å². The maximum Gasteiger partial charge on any atom is 0.123 e. The molecule has 2 fully saturated rings. The lowest BCUT2D eigenvalue weighted by atomic mass is 10.1. The zero-order valence-corrected chi connectivity index (χ0v) is 15.5. The molecule has 1 atom stereocenters. The number of hydrogen-bond acceptors (Lipinski definition) is 5. The van der Waals surface area contributed by atoms with E-state index in [1.54, 1.807) is 0 Å². The Hall–Kier alpha value is -1.14. The predicted molar refractivity (Wildman–Crippen MR) is 99.1 cm³/mol. The van der Waals surface area contributed by atoms with Gasteiger partial charge in [-0.15, -0.1) is 0 Å². The Morgan fingerprint density at radius 2 is 1.92 bits per heavy atom. The van der Waals surface area contributed by atoms with Crippen molar-refractivity contribution in [3.8, 4) is 5.75 Å². The second-order valence-electron chi connectivity index (χ2n) is 7.03. The lowest BCUT2D eigenvalue weighted by Gasteiger charge is -2.26. The first-order valence-corrected chi connectivity index (χ1v) is 9.66.